The Kier molecular flexibility index (Phi) is 5.80. The molecule has 2 fully saturated rings. The number of hydrogen-bond acceptors (Lipinski definition) is 3. The van der Waals surface area contributed by atoms with E-state index in [0.29, 0.717) is 32.4 Å². The number of amides is 2. The van der Waals surface area contributed by atoms with Crippen molar-refractivity contribution in [3.8, 4) is 0 Å². The quantitative estimate of drug-likeness (QED) is 0.693. The normalized spacial score (nSPS) is 24.9. The number of carbonyl (C=O) groups excluding carboxylic acids is 2. The highest BCUT2D eigenvalue weighted by atomic mass is 16.4. The van der Waals surface area contributed by atoms with Gasteiger partial charge in [0, 0.05) is 25.6 Å². The molecule has 1 saturated heterocycles. The van der Waals surface area contributed by atoms with Crippen LogP contribution in [0.25, 0.3) is 0 Å². The molecule has 6 nitrogen and oxygen atoms in total. The van der Waals surface area contributed by atoms with Gasteiger partial charge in [-0.3, -0.25) is 14.4 Å². The standard InChI is InChI=1S/C16H26N2O4/c1-2-3-4-7-17-14(19)11-5-8-18(9-6-11)15(20)12-10-13(12)16(21)22/h11-13H,2-10H2,1H3,(H,17,19)(H,21,22). The Morgan fingerprint density at radius 3 is 2.36 bits per heavy atom. The number of carbonyl (C=O) groups is 3. The van der Waals surface area contributed by atoms with Crippen LogP contribution in [-0.4, -0.2) is 47.4 Å². The predicted octanol–water partition coefficient (Wildman–Crippen LogP) is 1.25. The third-order valence-electron chi connectivity index (χ3n) is 4.68. The maximum atomic E-state index is 12.2. The molecule has 2 atom stereocenters. The van der Waals surface area contributed by atoms with E-state index in [1.807, 2.05) is 0 Å². The molecule has 124 valence electrons. The highest BCUT2D eigenvalue weighted by molar-refractivity contribution is 5.89. The molecule has 0 aromatic carbocycles. The lowest BCUT2D eigenvalue weighted by molar-refractivity contribution is -0.142. The van der Waals surface area contributed by atoms with Gasteiger partial charge < -0.3 is 15.3 Å². The van der Waals surface area contributed by atoms with Crippen molar-refractivity contribution in [1.82, 2.24) is 10.2 Å². The van der Waals surface area contributed by atoms with Gasteiger partial charge in [0.2, 0.25) is 11.8 Å². The number of carboxylic acids is 1. The lowest BCUT2D eigenvalue weighted by Gasteiger charge is -2.31. The van der Waals surface area contributed by atoms with Crippen LogP contribution in [0, 0.1) is 17.8 Å². The van der Waals surface area contributed by atoms with Crippen molar-refractivity contribution >= 4 is 17.8 Å². The highest BCUT2D eigenvalue weighted by Gasteiger charge is 2.50. The molecule has 1 aliphatic heterocycles. The SMILES string of the molecule is CCCCCNC(=O)C1CCN(C(=O)C2CC2C(=O)O)CC1. The van der Waals surface area contributed by atoms with Gasteiger partial charge in [-0.1, -0.05) is 19.8 Å². The molecular weight excluding hydrogens is 284 g/mol. The summed E-state index contributed by atoms with van der Waals surface area (Å²) in [6.07, 6.45) is 5.09. The van der Waals surface area contributed by atoms with Crippen LogP contribution in [0.4, 0.5) is 0 Å². The second kappa shape index (κ2) is 7.61. The molecule has 0 aromatic heterocycles. The van der Waals surface area contributed by atoms with Gasteiger partial charge in [0.1, 0.15) is 0 Å². The Hall–Kier alpha value is -1.59. The van der Waals surface area contributed by atoms with Crippen LogP contribution in [0.15, 0.2) is 0 Å². The molecule has 1 heterocycles. The van der Waals surface area contributed by atoms with Crippen molar-refractivity contribution in [3.05, 3.63) is 0 Å². The molecule has 0 spiro atoms. The average molecular weight is 310 g/mol. The fourth-order valence-corrected chi connectivity index (χ4v) is 3.07. The van der Waals surface area contributed by atoms with E-state index < -0.39 is 11.9 Å². The van der Waals surface area contributed by atoms with Gasteiger partial charge in [-0.25, -0.2) is 0 Å². The molecule has 1 aliphatic carbocycles. The first kappa shape index (κ1) is 16.8. The number of nitrogens with zero attached hydrogens (tertiary/aromatic N) is 1. The smallest absolute Gasteiger partial charge is 0.307 e. The summed E-state index contributed by atoms with van der Waals surface area (Å²) in [6.45, 7) is 3.99. The summed E-state index contributed by atoms with van der Waals surface area (Å²) in [5.74, 6) is -1.67. The second-order valence-electron chi connectivity index (χ2n) is 6.38. The van der Waals surface area contributed by atoms with Gasteiger partial charge in [0.05, 0.1) is 11.8 Å². The van der Waals surface area contributed by atoms with Crippen molar-refractivity contribution < 1.29 is 19.5 Å². The summed E-state index contributed by atoms with van der Waals surface area (Å²) >= 11 is 0. The molecule has 2 rings (SSSR count). The minimum Gasteiger partial charge on any atom is -0.481 e. The monoisotopic (exact) mass is 310 g/mol. The minimum atomic E-state index is -0.875. The van der Waals surface area contributed by atoms with E-state index >= 15 is 0 Å². The van der Waals surface area contributed by atoms with Gasteiger partial charge in [0.15, 0.2) is 0 Å². The number of aliphatic carboxylic acids is 1. The maximum Gasteiger partial charge on any atom is 0.307 e. The molecule has 2 amide bonds. The third kappa shape index (κ3) is 4.21. The van der Waals surface area contributed by atoms with Crippen LogP contribution in [0.5, 0.6) is 0 Å². The largest absolute Gasteiger partial charge is 0.481 e. The van der Waals surface area contributed by atoms with E-state index in [1.54, 1.807) is 4.90 Å². The molecule has 0 radical (unpaired) electrons. The first-order valence-corrected chi connectivity index (χ1v) is 8.34. The molecule has 6 heteroatoms. The first-order chi connectivity index (χ1) is 10.5. The van der Waals surface area contributed by atoms with Crippen LogP contribution in [0.3, 0.4) is 0 Å². The number of hydrogen-bond donors (Lipinski definition) is 2. The zero-order valence-electron chi connectivity index (χ0n) is 13.2. The summed E-state index contributed by atoms with van der Waals surface area (Å²) in [5, 5.41) is 11.9. The highest BCUT2D eigenvalue weighted by Crippen LogP contribution is 2.40. The van der Waals surface area contributed by atoms with Gasteiger partial charge in [-0.2, -0.15) is 0 Å². The van der Waals surface area contributed by atoms with Crippen LogP contribution in [0.2, 0.25) is 0 Å². The number of rotatable bonds is 7. The van der Waals surface area contributed by atoms with Crippen molar-refractivity contribution in [2.45, 2.75) is 45.4 Å². The fourth-order valence-electron chi connectivity index (χ4n) is 3.07. The van der Waals surface area contributed by atoms with Crippen LogP contribution >= 0.6 is 0 Å². The average Bonchev–Trinajstić information content (AvgIpc) is 3.31. The van der Waals surface area contributed by atoms with Crippen molar-refractivity contribution in [2.75, 3.05) is 19.6 Å². The number of unbranched alkanes of at least 4 members (excludes halogenated alkanes) is 2. The molecule has 2 aliphatic rings. The van der Waals surface area contributed by atoms with Gasteiger partial charge in [-0.05, 0) is 25.7 Å². The Labute approximate surface area is 131 Å². The van der Waals surface area contributed by atoms with Crippen LogP contribution in [0.1, 0.15) is 45.4 Å². The number of nitrogens with one attached hydrogen (secondary N) is 1. The van der Waals surface area contributed by atoms with Crippen molar-refractivity contribution in [3.63, 3.8) is 0 Å². The first-order valence-electron chi connectivity index (χ1n) is 8.34. The topological polar surface area (TPSA) is 86.7 Å². The minimum absolute atomic E-state index is 0.0137. The van der Waals surface area contributed by atoms with Gasteiger partial charge >= 0.3 is 5.97 Å². The zero-order chi connectivity index (χ0) is 16.1. The van der Waals surface area contributed by atoms with Gasteiger partial charge in [-0.15, -0.1) is 0 Å². The summed E-state index contributed by atoms with van der Waals surface area (Å²) in [4.78, 5) is 36.7. The van der Waals surface area contributed by atoms with E-state index in [4.69, 9.17) is 5.11 Å². The van der Waals surface area contributed by atoms with E-state index in [0.717, 1.165) is 25.8 Å². The predicted molar refractivity (Wildman–Crippen MR) is 81.1 cm³/mol. The molecule has 0 aromatic rings. The Bertz CT molecular complexity index is 430. The molecule has 0 bridgehead atoms. The van der Waals surface area contributed by atoms with E-state index in [9.17, 15) is 14.4 Å². The summed E-state index contributed by atoms with van der Waals surface area (Å²) < 4.78 is 0. The van der Waals surface area contributed by atoms with Crippen molar-refractivity contribution in [2.24, 2.45) is 17.8 Å². The van der Waals surface area contributed by atoms with Crippen LogP contribution in [-0.2, 0) is 14.4 Å². The molecule has 2 N–H and O–H groups in total. The Morgan fingerprint density at radius 2 is 1.82 bits per heavy atom. The number of carboxylic acid groups (broad SMARTS) is 1. The lowest BCUT2D eigenvalue weighted by Crippen LogP contribution is -2.44. The van der Waals surface area contributed by atoms with E-state index in [-0.39, 0.29) is 23.7 Å². The zero-order valence-corrected chi connectivity index (χ0v) is 13.2. The molecule has 1 saturated carbocycles. The number of likely N-dealkylation sites (tertiary alicyclic amines) is 1. The van der Waals surface area contributed by atoms with Crippen LogP contribution < -0.4 is 5.32 Å². The lowest BCUT2D eigenvalue weighted by atomic mass is 9.95. The van der Waals surface area contributed by atoms with Gasteiger partial charge in [0.25, 0.3) is 0 Å². The van der Waals surface area contributed by atoms with E-state index in [1.165, 1.54) is 0 Å². The summed E-state index contributed by atoms with van der Waals surface area (Å²) in [7, 11) is 0. The molecule has 2 unspecified atom stereocenters. The Balaban J connectivity index is 1.68. The maximum absolute atomic E-state index is 12.2. The second-order valence-corrected chi connectivity index (χ2v) is 6.38. The number of piperidine rings is 1. The third-order valence-corrected chi connectivity index (χ3v) is 4.68. The molecule has 22 heavy (non-hydrogen) atoms. The fraction of sp³-hybridized carbons (Fsp3) is 0.812. The molecular formula is C16H26N2O4. The van der Waals surface area contributed by atoms with Crippen molar-refractivity contribution in [1.29, 1.82) is 0 Å². The Morgan fingerprint density at radius 1 is 1.14 bits per heavy atom. The van der Waals surface area contributed by atoms with E-state index in [2.05, 4.69) is 12.2 Å². The summed E-state index contributed by atoms with van der Waals surface area (Å²) in [5.41, 5.74) is 0. The summed E-state index contributed by atoms with van der Waals surface area (Å²) in [6, 6.07) is 0.